The summed E-state index contributed by atoms with van der Waals surface area (Å²) in [5.74, 6) is -0.616. The highest BCUT2D eigenvalue weighted by atomic mass is 127. The molecule has 0 radical (unpaired) electrons. The van der Waals surface area contributed by atoms with Crippen molar-refractivity contribution in [1.82, 2.24) is 0 Å². The minimum atomic E-state index is -5.85. The van der Waals surface area contributed by atoms with Crippen LogP contribution in [0.1, 0.15) is 15.9 Å². The van der Waals surface area contributed by atoms with Gasteiger partial charge in [0.05, 0.1) is 5.56 Å². The summed E-state index contributed by atoms with van der Waals surface area (Å²) in [5, 5.41) is 0. The third-order valence-electron chi connectivity index (χ3n) is 2.08. The molecule has 112 valence electrons. The number of hydrogen-bond acceptors (Lipinski definition) is 5. The van der Waals surface area contributed by atoms with Crippen molar-refractivity contribution in [3.8, 4) is 11.5 Å². The summed E-state index contributed by atoms with van der Waals surface area (Å²) in [5.41, 5.74) is -5.63. The summed E-state index contributed by atoms with van der Waals surface area (Å²) in [4.78, 5) is 10.9. The van der Waals surface area contributed by atoms with Crippen molar-refractivity contribution in [3.63, 3.8) is 0 Å². The Kier molecular flexibility index (Phi) is 5.61. The summed E-state index contributed by atoms with van der Waals surface area (Å²) in [6, 6.07) is 2.31. The molecule has 20 heavy (non-hydrogen) atoms. The zero-order chi connectivity index (χ0) is 15.6. The van der Waals surface area contributed by atoms with E-state index in [0.29, 0.717) is 0 Å². The fourth-order valence-corrected chi connectivity index (χ4v) is 2.66. The van der Waals surface area contributed by atoms with E-state index in [2.05, 4.69) is 4.18 Å². The zero-order valence-electron chi connectivity index (χ0n) is 9.69. The lowest BCUT2D eigenvalue weighted by Gasteiger charge is -2.13. The smallest absolute Gasteiger partial charge is 0.467 e. The van der Waals surface area contributed by atoms with Gasteiger partial charge in [0.1, 0.15) is 12.2 Å². The molecule has 0 heterocycles. The highest BCUT2D eigenvalue weighted by Crippen LogP contribution is 2.35. The first-order valence-corrected chi connectivity index (χ1v) is 10.2. The van der Waals surface area contributed by atoms with Gasteiger partial charge in [-0.1, -0.05) is 0 Å². The van der Waals surface area contributed by atoms with E-state index in [4.69, 9.17) is 4.52 Å². The normalized spacial score (nSPS) is 12.7. The molecule has 0 saturated heterocycles. The van der Waals surface area contributed by atoms with Gasteiger partial charge in [-0.05, 0) is 40.6 Å². The van der Waals surface area contributed by atoms with Crippen LogP contribution in [0.25, 0.3) is 0 Å². The van der Waals surface area contributed by atoms with Gasteiger partial charge in [-0.15, -0.1) is 0 Å². The summed E-state index contributed by atoms with van der Waals surface area (Å²) in [6.07, 6.45) is 0.215. The van der Waals surface area contributed by atoms with Crippen LogP contribution in [-0.4, -0.2) is 20.2 Å². The molecule has 0 spiro atoms. The standard InChI is InChI=1S/C9H7F3IO5PS/c1-5-2-6(17-19-13)3-8(7(5)4-14)18-20(15,16)9(10,11)12/h2-4,19H,1H3. The quantitative estimate of drug-likeness (QED) is 0.230. The van der Waals surface area contributed by atoms with E-state index in [-0.39, 0.29) is 29.6 Å². The summed E-state index contributed by atoms with van der Waals surface area (Å²) in [6.45, 7) is 1.37. The van der Waals surface area contributed by atoms with Crippen molar-refractivity contribution in [2.24, 2.45) is 0 Å². The maximum atomic E-state index is 12.3. The summed E-state index contributed by atoms with van der Waals surface area (Å²) >= 11 is 1.87. The van der Waals surface area contributed by atoms with Gasteiger partial charge in [-0.25, -0.2) is 0 Å². The number of carbonyl (C=O) groups excluding carboxylic acids is 1. The Bertz CT molecular complexity index is 617. The molecule has 0 amide bonds. The Hall–Kier alpha value is -0.610. The van der Waals surface area contributed by atoms with Gasteiger partial charge in [0.2, 0.25) is 0 Å². The number of rotatable bonds is 5. The van der Waals surface area contributed by atoms with Crippen molar-refractivity contribution in [2.45, 2.75) is 12.4 Å². The lowest BCUT2D eigenvalue weighted by atomic mass is 10.1. The second kappa shape index (κ2) is 6.44. The summed E-state index contributed by atoms with van der Waals surface area (Å²) < 4.78 is 67.8. The van der Waals surface area contributed by atoms with Gasteiger partial charge in [0.25, 0.3) is 0 Å². The van der Waals surface area contributed by atoms with Crippen LogP contribution in [-0.2, 0) is 10.1 Å². The number of halogens is 4. The fourth-order valence-electron chi connectivity index (χ4n) is 1.22. The number of aryl methyl sites for hydroxylation is 1. The number of hydrogen-bond donors (Lipinski definition) is 0. The molecule has 0 aliphatic rings. The van der Waals surface area contributed by atoms with Crippen molar-refractivity contribution < 1.29 is 35.1 Å². The molecular weight excluding hydrogens is 435 g/mol. The van der Waals surface area contributed by atoms with Crippen LogP contribution in [0.4, 0.5) is 13.2 Å². The maximum absolute atomic E-state index is 12.3. The van der Waals surface area contributed by atoms with Crippen molar-refractivity contribution in [2.75, 3.05) is 0 Å². The van der Waals surface area contributed by atoms with Crippen LogP contribution in [0.2, 0.25) is 0 Å². The van der Waals surface area contributed by atoms with E-state index < -0.39 is 21.4 Å². The molecule has 0 N–H and O–H groups in total. The molecule has 0 fully saturated rings. The SMILES string of the molecule is Cc1cc(OPI)cc(OS(=O)(=O)C(F)(F)F)c1C=O. The predicted octanol–water partition coefficient (Wildman–Crippen LogP) is 3.36. The second-order valence-electron chi connectivity index (χ2n) is 3.43. The highest BCUT2D eigenvalue weighted by Gasteiger charge is 2.48. The predicted molar refractivity (Wildman–Crippen MR) is 75.1 cm³/mol. The van der Waals surface area contributed by atoms with Crippen LogP contribution in [0.15, 0.2) is 12.1 Å². The maximum Gasteiger partial charge on any atom is 0.534 e. The first kappa shape index (κ1) is 17.4. The number of aldehydes is 1. The van der Waals surface area contributed by atoms with E-state index in [1.807, 2.05) is 22.0 Å². The van der Waals surface area contributed by atoms with Gasteiger partial charge in [0, 0.05) is 6.07 Å². The van der Waals surface area contributed by atoms with E-state index in [1.165, 1.54) is 13.0 Å². The third-order valence-corrected chi connectivity index (χ3v) is 4.02. The molecule has 0 saturated carbocycles. The molecule has 1 atom stereocenters. The van der Waals surface area contributed by atoms with Crippen LogP contribution < -0.4 is 8.71 Å². The van der Waals surface area contributed by atoms with Gasteiger partial charge >= 0.3 is 15.6 Å². The second-order valence-corrected chi connectivity index (χ2v) is 6.65. The lowest BCUT2D eigenvalue weighted by molar-refractivity contribution is -0.0500. The van der Waals surface area contributed by atoms with Crippen molar-refractivity contribution in [1.29, 1.82) is 0 Å². The zero-order valence-corrected chi connectivity index (χ0v) is 13.7. The Labute approximate surface area is 127 Å². The Morgan fingerprint density at radius 3 is 2.40 bits per heavy atom. The molecular formula is C9H7F3IO5PS. The van der Waals surface area contributed by atoms with Crippen LogP contribution >= 0.6 is 28.5 Å². The lowest BCUT2D eigenvalue weighted by Crippen LogP contribution is -2.28. The Morgan fingerprint density at radius 2 is 1.95 bits per heavy atom. The van der Waals surface area contributed by atoms with E-state index in [9.17, 15) is 26.4 Å². The molecule has 1 aromatic carbocycles. The van der Waals surface area contributed by atoms with E-state index in [0.717, 1.165) is 6.07 Å². The minimum Gasteiger partial charge on any atom is -0.467 e. The van der Waals surface area contributed by atoms with Crippen LogP contribution in [0.3, 0.4) is 0 Å². The highest BCUT2D eigenvalue weighted by molar-refractivity contribution is 14.2. The van der Waals surface area contributed by atoms with E-state index >= 15 is 0 Å². The molecule has 0 aliphatic heterocycles. The largest absolute Gasteiger partial charge is 0.534 e. The molecule has 5 nitrogen and oxygen atoms in total. The average Bonchev–Trinajstić information content (AvgIpc) is 2.27. The first-order valence-electron chi connectivity index (χ1n) is 4.75. The van der Waals surface area contributed by atoms with Crippen molar-refractivity contribution in [3.05, 3.63) is 23.3 Å². The summed E-state index contributed by atoms with van der Waals surface area (Å²) in [7, 11) is -5.85. The monoisotopic (exact) mass is 442 g/mol. The molecule has 0 aromatic heterocycles. The van der Waals surface area contributed by atoms with Gasteiger partial charge in [-0.2, -0.15) is 21.6 Å². The Balaban J connectivity index is 3.33. The molecule has 0 bridgehead atoms. The molecule has 1 unspecified atom stereocenters. The molecule has 11 heteroatoms. The van der Waals surface area contributed by atoms with Crippen LogP contribution in [0.5, 0.6) is 11.5 Å². The van der Waals surface area contributed by atoms with Gasteiger partial charge < -0.3 is 8.71 Å². The molecule has 0 aliphatic carbocycles. The van der Waals surface area contributed by atoms with E-state index in [1.54, 1.807) is 0 Å². The topological polar surface area (TPSA) is 69.7 Å². The number of carbonyl (C=O) groups is 1. The fraction of sp³-hybridized carbons (Fsp3) is 0.222. The molecule has 1 rings (SSSR count). The Morgan fingerprint density at radius 1 is 1.35 bits per heavy atom. The third kappa shape index (κ3) is 3.95. The van der Waals surface area contributed by atoms with Gasteiger partial charge in [-0.3, -0.25) is 4.79 Å². The van der Waals surface area contributed by atoms with Crippen LogP contribution in [0, 0.1) is 6.92 Å². The average molecular weight is 442 g/mol. The molecule has 1 aromatic rings. The van der Waals surface area contributed by atoms with Gasteiger partial charge in [0.15, 0.2) is 12.0 Å². The van der Waals surface area contributed by atoms with Crippen molar-refractivity contribution >= 4 is 44.9 Å². The minimum absolute atomic E-state index is 0.0430. The number of benzene rings is 1. The number of alkyl halides is 3. The first-order chi connectivity index (χ1) is 9.12.